The number of hydrogen-bond donors (Lipinski definition) is 1. The summed E-state index contributed by atoms with van der Waals surface area (Å²) in [6.45, 7) is 9.55. The molecule has 0 aliphatic carbocycles. The van der Waals surface area contributed by atoms with Crippen molar-refractivity contribution in [1.29, 1.82) is 0 Å². The molecule has 2 aromatic carbocycles. The summed E-state index contributed by atoms with van der Waals surface area (Å²) in [5.74, 6) is -1.62. The van der Waals surface area contributed by atoms with Crippen LogP contribution in [0.5, 0.6) is 5.75 Å². The molecule has 39 heavy (non-hydrogen) atoms. The molecular formula is C30H36O9. The lowest BCUT2D eigenvalue weighted by molar-refractivity contribution is -0.164. The Hall–Kier alpha value is -3.69. The minimum absolute atomic E-state index is 0.345. The van der Waals surface area contributed by atoms with Crippen LogP contribution in [0, 0.1) is 0 Å². The van der Waals surface area contributed by atoms with Gasteiger partial charge in [-0.15, -0.1) is 0 Å². The second kappa shape index (κ2) is 14.5. The maximum absolute atomic E-state index is 12.3. The van der Waals surface area contributed by atoms with Gasteiger partial charge in [-0.1, -0.05) is 43.0 Å². The van der Waals surface area contributed by atoms with Crippen molar-refractivity contribution < 1.29 is 43.2 Å². The van der Waals surface area contributed by atoms with Crippen LogP contribution in [0.15, 0.2) is 60.7 Å². The van der Waals surface area contributed by atoms with Gasteiger partial charge in [0, 0.05) is 11.1 Å². The third-order valence-corrected chi connectivity index (χ3v) is 5.90. The van der Waals surface area contributed by atoms with Crippen molar-refractivity contribution in [2.75, 3.05) is 13.2 Å². The first-order chi connectivity index (χ1) is 18.7. The number of hydrogen-bond acceptors (Lipinski definition) is 8. The predicted molar refractivity (Wildman–Crippen MR) is 143 cm³/mol. The van der Waals surface area contributed by atoms with Crippen molar-refractivity contribution in [3.8, 4) is 16.9 Å². The van der Waals surface area contributed by atoms with Gasteiger partial charge in [0.05, 0.1) is 19.3 Å². The van der Waals surface area contributed by atoms with Gasteiger partial charge in [0.2, 0.25) is 0 Å². The van der Waals surface area contributed by atoms with Crippen LogP contribution in [0.3, 0.4) is 0 Å². The van der Waals surface area contributed by atoms with E-state index in [1.165, 1.54) is 0 Å². The number of carboxylic acids is 1. The third kappa shape index (κ3) is 8.94. The molecule has 1 heterocycles. The molecule has 210 valence electrons. The summed E-state index contributed by atoms with van der Waals surface area (Å²) in [6, 6.07) is 15.0. The molecule has 1 saturated heterocycles. The summed E-state index contributed by atoms with van der Waals surface area (Å²) in [6.07, 6.45) is -0.518. The van der Waals surface area contributed by atoms with Gasteiger partial charge in [0.15, 0.2) is 18.5 Å². The predicted octanol–water partition coefficient (Wildman–Crippen LogP) is 5.23. The largest absolute Gasteiger partial charge is 0.494 e. The fourth-order valence-electron chi connectivity index (χ4n) is 3.88. The van der Waals surface area contributed by atoms with E-state index in [0.717, 1.165) is 42.6 Å². The maximum atomic E-state index is 12.3. The molecule has 9 heteroatoms. The SMILES string of the molecule is C=C(C)C(=O)OCCCCCCOc1ccc(-c2ccc(C3O[C@@H](C(=O)O)[C@H](C(=O)OC(C)C)O3)cc2)cc1. The molecule has 0 spiro atoms. The quantitative estimate of drug-likeness (QED) is 0.195. The van der Waals surface area contributed by atoms with E-state index >= 15 is 0 Å². The Morgan fingerprint density at radius 3 is 2.00 bits per heavy atom. The molecular weight excluding hydrogens is 504 g/mol. The Balaban J connectivity index is 1.45. The van der Waals surface area contributed by atoms with Crippen LogP contribution in [-0.4, -0.2) is 54.5 Å². The Labute approximate surface area is 228 Å². The molecule has 0 radical (unpaired) electrons. The maximum Gasteiger partial charge on any atom is 0.339 e. The number of aliphatic carboxylic acids is 1. The summed E-state index contributed by atoms with van der Waals surface area (Å²) < 4.78 is 27.2. The van der Waals surface area contributed by atoms with Crippen LogP contribution in [0.1, 0.15) is 58.3 Å². The van der Waals surface area contributed by atoms with E-state index in [1.807, 2.05) is 36.4 Å². The zero-order valence-electron chi connectivity index (χ0n) is 22.6. The number of carboxylic acid groups (broad SMARTS) is 1. The summed E-state index contributed by atoms with van der Waals surface area (Å²) in [4.78, 5) is 35.2. The van der Waals surface area contributed by atoms with Crippen LogP contribution in [-0.2, 0) is 33.3 Å². The molecule has 1 aliphatic heterocycles. The van der Waals surface area contributed by atoms with E-state index in [-0.39, 0.29) is 5.97 Å². The van der Waals surface area contributed by atoms with Gasteiger partial charge in [0.25, 0.3) is 0 Å². The molecule has 9 nitrogen and oxygen atoms in total. The number of ether oxygens (including phenoxy) is 5. The van der Waals surface area contributed by atoms with E-state index < -0.39 is 36.5 Å². The van der Waals surface area contributed by atoms with Crippen LogP contribution in [0.4, 0.5) is 0 Å². The van der Waals surface area contributed by atoms with Gasteiger partial charge in [-0.2, -0.15) is 0 Å². The lowest BCUT2D eigenvalue weighted by Crippen LogP contribution is -2.39. The summed E-state index contributed by atoms with van der Waals surface area (Å²) >= 11 is 0. The standard InChI is InChI=1S/C30H36O9/c1-19(2)28(33)36-18-8-6-5-7-17-35-24-15-13-22(14-16-24)21-9-11-23(12-10-21)30-38-25(27(31)32)26(39-30)29(34)37-20(3)4/h9-16,20,25-26,30H,1,5-8,17-18H2,2-4H3,(H,31,32)/t25-,26-,30?/m1/s1. The number of esters is 2. The highest BCUT2D eigenvalue weighted by Gasteiger charge is 2.47. The number of rotatable bonds is 14. The number of benzene rings is 2. The van der Waals surface area contributed by atoms with Crippen molar-refractivity contribution >= 4 is 17.9 Å². The second-order valence-electron chi connectivity index (χ2n) is 9.59. The van der Waals surface area contributed by atoms with Crippen molar-refractivity contribution in [2.45, 2.75) is 71.1 Å². The molecule has 0 saturated carbocycles. The van der Waals surface area contributed by atoms with E-state index in [0.29, 0.717) is 24.4 Å². The summed E-state index contributed by atoms with van der Waals surface area (Å²) in [7, 11) is 0. The van der Waals surface area contributed by atoms with Gasteiger partial charge in [-0.25, -0.2) is 14.4 Å². The normalized spacial score (nSPS) is 18.5. The molecule has 0 aromatic heterocycles. The average Bonchev–Trinajstić information content (AvgIpc) is 3.36. The molecule has 3 rings (SSSR count). The van der Waals surface area contributed by atoms with Crippen LogP contribution in [0.25, 0.3) is 11.1 Å². The van der Waals surface area contributed by atoms with E-state index in [9.17, 15) is 19.5 Å². The van der Waals surface area contributed by atoms with Crippen molar-refractivity contribution in [3.63, 3.8) is 0 Å². The van der Waals surface area contributed by atoms with Gasteiger partial charge in [-0.3, -0.25) is 0 Å². The fraction of sp³-hybridized carbons (Fsp3) is 0.433. The zero-order chi connectivity index (χ0) is 28.4. The van der Waals surface area contributed by atoms with Crippen molar-refractivity contribution in [3.05, 3.63) is 66.2 Å². The van der Waals surface area contributed by atoms with E-state index in [2.05, 4.69) is 6.58 Å². The second-order valence-corrected chi connectivity index (χ2v) is 9.59. The smallest absolute Gasteiger partial charge is 0.339 e. The summed E-state index contributed by atoms with van der Waals surface area (Å²) in [5.41, 5.74) is 2.93. The molecule has 3 atom stereocenters. The van der Waals surface area contributed by atoms with Gasteiger partial charge in [-0.05, 0) is 69.7 Å². The monoisotopic (exact) mass is 540 g/mol. The minimum Gasteiger partial charge on any atom is -0.494 e. The molecule has 1 N–H and O–H groups in total. The molecule has 0 bridgehead atoms. The van der Waals surface area contributed by atoms with Crippen molar-refractivity contribution in [2.24, 2.45) is 0 Å². The lowest BCUT2D eigenvalue weighted by atomic mass is 10.0. The first kappa shape index (κ1) is 29.9. The average molecular weight is 541 g/mol. The Kier molecular flexibility index (Phi) is 11.1. The van der Waals surface area contributed by atoms with Gasteiger partial charge in [0.1, 0.15) is 5.75 Å². The number of unbranched alkanes of at least 4 members (excludes halogenated alkanes) is 3. The van der Waals surface area contributed by atoms with Gasteiger partial charge >= 0.3 is 17.9 Å². The van der Waals surface area contributed by atoms with Crippen LogP contribution >= 0.6 is 0 Å². The summed E-state index contributed by atoms with van der Waals surface area (Å²) in [5, 5.41) is 9.45. The molecule has 1 aliphatic rings. The van der Waals surface area contributed by atoms with E-state index in [1.54, 1.807) is 32.9 Å². The van der Waals surface area contributed by atoms with Crippen LogP contribution in [0.2, 0.25) is 0 Å². The first-order valence-electron chi connectivity index (χ1n) is 13.1. The fourth-order valence-corrected chi connectivity index (χ4v) is 3.88. The molecule has 1 fully saturated rings. The highest BCUT2D eigenvalue weighted by atomic mass is 16.7. The highest BCUT2D eigenvalue weighted by Crippen LogP contribution is 2.33. The zero-order valence-corrected chi connectivity index (χ0v) is 22.6. The van der Waals surface area contributed by atoms with E-state index in [4.69, 9.17) is 23.7 Å². The van der Waals surface area contributed by atoms with Crippen molar-refractivity contribution in [1.82, 2.24) is 0 Å². The first-order valence-corrected chi connectivity index (χ1v) is 13.1. The molecule has 1 unspecified atom stereocenters. The number of carbonyl (C=O) groups is 3. The Morgan fingerprint density at radius 2 is 1.44 bits per heavy atom. The lowest BCUT2D eigenvalue weighted by Gasteiger charge is -2.14. The topological polar surface area (TPSA) is 118 Å². The highest BCUT2D eigenvalue weighted by molar-refractivity contribution is 5.87. The molecule has 2 aromatic rings. The molecule has 0 amide bonds. The van der Waals surface area contributed by atoms with Crippen LogP contribution < -0.4 is 4.74 Å². The van der Waals surface area contributed by atoms with Gasteiger partial charge < -0.3 is 28.8 Å². The minimum atomic E-state index is -1.44. The Bertz CT molecular complexity index is 1120. The third-order valence-electron chi connectivity index (χ3n) is 5.90. The number of carbonyl (C=O) groups excluding carboxylic acids is 2. The Morgan fingerprint density at radius 1 is 0.872 bits per heavy atom.